The smallest absolute Gasteiger partial charge is 0.303 e. The molecule has 0 bridgehead atoms. The van der Waals surface area contributed by atoms with Crippen molar-refractivity contribution in [1.29, 1.82) is 0 Å². The zero-order valence-corrected chi connectivity index (χ0v) is 16.7. The maximum Gasteiger partial charge on any atom is 0.303 e. The van der Waals surface area contributed by atoms with Crippen molar-refractivity contribution >= 4 is 5.97 Å². The molecule has 3 nitrogen and oxygen atoms in total. The van der Waals surface area contributed by atoms with Gasteiger partial charge in [0, 0.05) is 6.42 Å². The first-order valence-corrected chi connectivity index (χ1v) is 11.3. The van der Waals surface area contributed by atoms with E-state index in [9.17, 15) is 9.90 Å². The lowest BCUT2D eigenvalue weighted by atomic mass is 9.49. The number of fused-ring (bicyclic) bond motifs is 5. The second-order valence-electron chi connectivity index (χ2n) is 10.5. The summed E-state index contributed by atoms with van der Waals surface area (Å²) >= 11 is 0. The normalized spacial score (nSPS) is 49.0. The summed E-state index contributed by atoms with van der Waals surface area (Å²) in [4.78, 5) is 11.0. The summed E-state index contributed by atoms with van der Waals surface area (Å²) in [6.07, 6.45) is 12.6. The SMILES string of the molecule is C[C@H](CCC(=O)O)C1CCC2C3CCC4C[C@H](O)CCC4C3CC[C@@]21C. The molecule has 0 spiro atoms. The number of carbonyl (C=O) groups is 1. The Labute approximate surface area is 158 Å². The number of rotatable bonds is 4. The number of hydrogen-bond acceptors (Lipinski definition) is 2. The van der Waals surface area contributed by atoms with Crippen molar-refractivity contribution in [3.05, 3.63) is 0 Å². The minimum absolute atomic E-state index is 0.0346. The highest BCUT2D eigenvalue weighted by Gasteiger charge is 2.57. The number of carboxylic acids is 1. The van der Waals surface area contributed by atoms with Crippen molar-refractivity contribution in [2.75, 3.05) is 0 Å². The van der Waals surface area contributed by atoms with Gasteiger partial charge >= 0.3 is 5.97 Å². The van der Waals surface area contributed by atoms with Crippen LogP contribution in [-0.2, 0) is 4.79 Å². The fraction of sp³-hybridized carbons (Fsp3) is 0.957. The Morgan fingerprint density at radius 3 is 2.58 bits per heavy atom. The molecule has 4 saturated carbocycles. The molecule has 0 aromatic rings. The van der Waals surface area contributed by atoms with Gasteiger partial charge in [-0.15, -0.1) is 0 Å². The van der Waals surface area contributed by atoms with E-state index in [0.29, 0.717) is 17.8 Å². The molecule has 4 rings (SSSR count). The van der Waals surface area contributed by atoms with E-state index in [2.05, 4.69) is 13.8 Å². The highest BCUT2D eigenvalue weighted by Crippen LogP contribution is 2.65. The van der Waals surface area contributed by atoms with Crippen LogP contribution >= 0.6 is 0 Å². The lowest BCUT2D eigenvalue weighted by molar-refractivity contribution is -0.137. The van der Waals surface area contributed by atoms with Gasteiger partial charge in [0.25, 0.3) is 0 Å². The molecule has 0 aliphatic heterocycles. The highest BCUT2D eigenvalue weighted by molar-refractivity contribution is 5.66. The lowest BCUT2D eigenvalue weighted by Gasteiger charge is -2.56. The van der Waals surface area contributed by atoms with Gasteiger partial charge in [-0.2, -0.15) is 0 Å². The summed E-state index contributed by atoms with van der Waals surface area (Å²) in [5.74, 6) is 4.97. The molecule has 0 heterocycles. The van der Waals surface area contributed by atoms with Crippen LogP contribution in [0.3, 0.4) is 0 Å². The van der Waals surface area contributed by atoms with Crippen LogP contribution < -0.4 is 0 Å². The van der Waals surface area contributed by atoms with Crippen molar-refractivity contribution in [1.82, 2.24) is 0 Å². The molecule has 2 N–H and O–H groups in total. The Bertz CT molecular complexity index is 532. The Hall–Kier alpha value is -0.570. The van der Waals surface area contributed by atoms with E-state index < -0.39 is 5.97 Å². The van der Waals surface area contributed by atoms with Crippen LogP contribution in [0.4, 0.5) is 0 Å². The molecule has 26 heavy (non-hydrogen) atoms. The van der Waals surface area contributed by atoms with Crippen molar-refractivity contribution in [3.8, 4) is 0 Å². The van der Waals surface area contributed by atoms with Gasteiger partial charge in [0.05, 0.1) is 6.10 Å². The molecule has 9 atom stereocenters. The summed E-state index contributed by atoms with van der Waals surface area (Å²) in [6.45, 7) is 4.87. The number of aliphatic hydroxyl groups is 1. The molecule has 0 saturated heterocycles. The van der Waals surface area contributed by atoms with E-state index in [1.54, 1.807) is 0 Å². The fourth-order valence-corrected chi connectivity index (χ4v) is 8.36. The molecule has 0 radical (unpaired) electrons. The molecular weight excluding hydrogens is 324 g/mol. The van der Waals surface area contributed by atoms with Crippen LogP contribution in [-0.4, -0.2) is 22.3 Å². The van der Waals surface area contributed by atoms with E-state index in [0.717, 1.165) is 54.8 Å². The summed E-state index contributed by atoms with van der Waals surface area (Å²) in [5.41, 5.74) is 0.445. The molecule has 4 aliphatic rings. The topological polar surface area (TPSA) is 57.5 Å². The number of aliphatic carboxylic acids is 1. The Morgan fingerprint density at radius 1 is 1.04 bits per heavy atom. The molecule has 3 heteroatoms. The van der Waals surface area contributed by atoms with Crippen molar-refractivity contribution in [2.24, 2.45) is 46.8 Å². The lowest BCUT2D eigenvalue weighted by Crippen LogP contribution is -2.49. The first-order chi connectivity index (χ1) is 12.4. The van der Waals surface area contributed by atoms with Gasteiger partial charge in [0.2, 0.25) is 0 Å². The maximum absolute atomic E-state index is 11.0. The molecule has 0 aromatic carbocycles. The maximum atomic E-state index is 11.0. The Balaban J connectivity index is 1.47. The van der Waals surface area contributed by atoms with Gasteiger partial charge in [-0.1, -0.05) is 13.8 Å². The molecule has 0 amide bonds. The number of hydrogen-bond donors (Lipinski definition) is 2. The summed E-state index contributed by atoms with van der Waals surface area (Å²) in [6, 6.07) is 0. The second kappa shape index (κ2) is 7.11. The second-order valence-corrected chi connectivity index (χ2v) is 10.5. The number of carboxylic acid groups (broad SMARTS) is 1. The monoisotopic (exact) mass is 362 g/mol. The average Bonchev–Trinajstić information content (AvgIpc) is 2.96. The van der Waals surface area contributed by atoms with Gasteiger partial charge in [0.1, 0.15) is 0 Å². The van der Waals surface area contributed by atoms with Gasteiger partial charge in [0.15, 0.2) is 0 Å². The molecule has 148 valence electrons. The van der Waals surface area contributed by atoms with Crippen LogP contribution in [0.5, 0.6) is 0 Å². The summed E-state index contributed by atoms with van der Waals surface area (Å²) in [5, 5.41) is 19.1. The molecule has 6 unspecified atom stereocenters. The van der Waals surface area contributed by atoms with Gasteiger partial charge in [-0.25, -0.2) is 0 Å². The standard InChI is InChI=1S/C23H38O3/c1-14(3-10-22(25)26)20-8-9-21-19-6-4-15-13-16(24)5-7-17(15)18(19)11-12-23(20,21)2/h14-21,24H,3-13H2,1-2H3,(H,25,26)/t14-,15?,16-,17?,18?,19?,20?,21?,23-/m1/s1. The van der Waals surface area contributed by atoms with Crippen LogP contribution in [0.25, 0.3) is 0 Å². The van der Waals surface area contributed by atoms with Crippen molar-refractivity contribution in [3.63, 3.8) is 0 Å². The van der Waals surface area contributed by atoms with Gasteiger partial charge in [-0.3, -0.25) is 4.79 Å². The van der Waals surface area contributed by atoms with Crippen LogP contribution in [0.1, 0.15) is 84.5 Å². The largest absolute Gasteiger partial charge is 0.481 e. The van der Waals surface area contributed by atoms with E-state index in [4.69, 9.17) is 5.11 Å². The Morgan fingerprint density at radius 2 is 1.81 bits per heavy atom. The highest BCUT2D eigenvalue weighted by atomic mass is 16.4. The quantitative estimate of drug-likeness (QED) is 0.730. The third-order valence-corrected chi connectivity index (χ3v) is 9.50. The van der Waals surface area contributed by atoms with Gasteiger partial charge < -0.3 is 10.2 Å². The van der Waals surface area contributed by atoms with E-state index in [-0.39, 0.29) is 6.10 Å². The zero-order valence-electron chi connectivity index (χ0n) is 16.7. The summed E-state index contributed by atoms with van der Waals surface area (Å²) in [7, 11) is 0. The van der Waals surface area contributed by atoms with Crippen molar-refractivity contribution < 1.29 is 15.0 Å². The predicted octanol–water partition coefficient (Wildman–Crippen LogP) is 5.12. The third-order valence-electron chi connectivity index (χ3n) is 9.50. The van der Waals surface area contributed by atoms with Crippen molar-refractivity contribution in [2.45, 2.75) is 90.6 Å². The zero-order chi connectivity index (χ0) is 18.5. The van der Waals surface area contributed by atoms with E-state index in [1.807, 2.05) is 0 Å². The molecule has 4 fully saturated rings. The molecular formula is C23H38O3. The number of aliphatic hydroxyl groups excluding tert-OH is 1. The molecule has 4 aliphatic carbocycles. The van der Waals surface area contributed by atoms with E-state index >= 15 is 0 Å². The minimum atomic E-state index is -0.641. The third kappa shape index (κ3) is 3.12. The first kappa shape index (κ1) is 18.8. The predicted molar refractivity (Wildman–Crippen MR) is 103 cm³/mol. The summed E-state index contributed by atoms with van der Waals surface area (Å²) < 4.78 is 0. The Kier molecular flexibility index (Phi) is 5.14. The van der Waals surface area contributed by atoms with E-state index in [1.165, 1.54) is 44.9 Å². The van der Waals surface area contributed by atoms with Crippen LogP contribution in [0.15, 0.2) is 0 Å². The fourth-order valence-electron chi connectivity index (χ4n) is 8.36. The first-order valence-electron chi connectivity index (χ1n) is 11.3. The molecule has 0 aromatic heterocycles. The van der Waals surface area contributed by atoms with Crippen LogP contribution in [0.2, 0.25) is 0 Å². The van der Waals surface area contributed by atoms with Crippen LogP contribution in [0, 0.1) is 46.8 Å². The average molecular weight is 363 g/mol. The minimum Gasteiger partial charge on any atom is -0.481 e. The van der Waals surface area contributed by atoms with Gasteiger partial charge in [-0.05, 0) is 111 Å².